The summed E-state index contributed by atoms with van der Waals surface area (Å²) in [7, 11) is 1.64. The van der Waals surface area contributed by atoms with Gasteiger partial charge in [-0.1, -0.05) is 35.3 Å². The lowest BCUT2D eigenvalue weighted by atomic mass is 9.74. The second-order valence-electron chi connectivity index (χ2n) is 9.38. The number of fused-ring (bicyclic) bond motifs is 1. The summed E-state index contributed by atoms with van der Waals surface area (Å²) < 4.78 is 5.38. The van der Waals surface area contributed by atoms with E-state index in [1.165, 1.54) is 0 Å². The molecule has 4 rings (SSSR count). The summed E-state index contributed by atoms with van der Waals surface area (Å²) in [6, 6.07) is 13.7. The number of pyridine rings is 1. The number of nitrogens with zero attached hydrogens (tertiary/aromatic N) is 2. The fourth-order valence-electron chi connectivity index (χ4n) is 4.99. The molecule has 2 aromatic carbocycles. The van der Waals surface area contributed by atoms with Crippen molar-refractivity contribution in [1.82, 2.24) is 9.88 Å². The zero-order valence-electron chi connectivity index (χ0n) is 20.5. The molecule has 8 heteroatoms. The highest BCUT2D eigenvalue weighted by molar-refractivity contribution is 7.99. The van der Waals surface area contributed by atoms with Crippen LogP contribution in [0.4, 0.5) is 0 Å². The van der Waals surface area contributed by atoms with Gasteiger partial charge in [-0.2, -0.15) is 0 Å². The van der Waals surface area contributed by atoms with E-state index in [9.17, 15) is 9.90 Å². The molecule has 1 fully saturated rings. The Hall–Kier alpha value is -1.99. The van der Waals surface area contributed by atoms with Gasteiger partial charge in [-0.3, -0.25) is 9.78 Å². The smallest absolute Gasteiger partial charge is 0.309 e. The third-order valence-corrected chi connectivity index (χ3v) is 9.12. The van der Waals surface area contributed by atoms with Crippen molar-refractivity contribution >= 4 is 51.8 Å². The Labute approximate surface area is 227 Å². The van der Waals surface area contributed by atoms with Gasteiger partial charge in [-0.05, 0) is 99.8 Å². The Kier molecular flexibility index (Phi) is 9.40. The van der Waals surface area contributed by atoms with Crippen LogP contribution in [0, 0.1) is 5.41 Å². The standard InChI is InChI=1S/C28H32Cl2N2O3S/c1-35-20-9-10-25-22(18-20)21(24(30)19-31-25)6-4-11-28(27(33)34)12-15-32(16-13-28)14-5-17-36-26-8-3-2-7-23(26)29/h2-3,7-10,18-19H,4-6,11-17H2,1H3,(H,33,34). The number of hydrogen-bond donors (Lipinski definition) is 1. The molecule has 192 valence electrons. The number of halogens is 2. The van der Waals surface area contributed by atoms with Crippen molar-refractivity contribution in [3.8, 4) is 5.75 Å². The zero-order valence-corrected chi connectivity index (χ0v) is 22.8. The Bertz CT molecular complexity index is 1200. The van der Waals surface area contributed by atoms with Crippen molar-refractivity contribution in [2.75, 3.05) is 32.5 Å². The number of piperidine rings is 1. The molecule has 1 N–H and O–H groups in total. The molecule has 0 bridgehead atoms. The summed E-state index contributed by atoms with van der Waals surface area (Å²) in [6.07, 6.45) is 6.20. The van der Waals surface area contributed by atoms with Gasteiger partial charge in [0.2, 0.25) is 0 Å². The lowest BCUT2D eigenvalue weighted by Gasteiger charge is -2.39. The van der Waals surface area contributed by atoms with Gasteiger partial charge in [0.25, 0.3) is 0 Å². The number of aryl methyl sites for hydroxylation is 1. The molecule has 0 aliphatic carbocycles. The molecule has 36 heavy (non-hydrogen) atoms. The number of benzene rings is 2. The number of carboxylic acids is 1. The molecule has 5 nitrogen and oxygen atoms in total. The van der Waals surface area contributed by atoms with Crippen LogP contribution in [0.5, 0.6) is 5.75 Å². The molecule has 0 amide bonds. The van der Waals surface area contributed by atoms with E-state index in [2.05, 4.69) is 9.88 Å². The highest BCUT2D eigenvalue weighted by Crippen LogP contribution is 2.38. The number of carboxylic acid groups (broad SMARTS) is 1. The minimum atomic E-state index is -0.677. The van der Waals surface area contributed by atoms with Gasteiger partial charge in [0.15, 0.2) is 0 Å². The third-order valence-electron chi connectivity index (χ3n) is 7.20. The number of methoxy groups -OCH3 is 1. The number of rotatable bonds is 11. The molecule has 1 aromatic heterocycles. The Morgan fingerprint density at radius 2 is 1.92 bits per heavy atom. The molecule has 0 atom stereocenters. The van der Waals surface area contributed by atoms with Crippen LogP contribution in [-0.4, -0.2) is 53.5 Å². The first-order valence-electron chi connectivity index (χ1n) is 12.4. The molecule has 3 aromatic rings. The van der Waals surface area contributed by atoms with E-state index in [-0.39, 0.29) is 0 Å². The van der Waals surface area contributed by atoms with Crippen LogP contribution in [0.25, 0.3) is 10.9 Å². The average Bonchev–Trinajstić information content (AvgIpc) is 2.89. The molecule has 0 saturated carbocycles. The summed E-state index contributed by atoms with van der Waals surface area (Å²) in [6.45, 7) is 2.62. The van der Waals surface area contributed by atoms with Crippen molar-refractivity contribution in [2.24, 2.45) is 5.41 Å². The SMILES string of the molecule is COc1ccc2ncc(Cl)c(CCCC3(C(=O)O)CCN(CCCSc4ccccc4Cl)CC3)c2c1. The molecule has 0 unspecified atom stereocenters. The first-order valence-corrected chi connectivity index (χ1v) is 14.1. The second-order valence-corrected chi connectivity index (χ2v) is 11.3. The van der Waals surface area contributed by atoms with Crippen molar-refractivity contribution in [1.29, 1.82) is 0 Å². The molecule has 1 saturated heterocycles. The number of likely N-dealkylation sites (tertiary alicyclic amines) is 1. The summed E-state index contributed by atoms with van der Waals surface area (Å²) in [5.41, 5.74) is 1.20. The highest BCUT2D eigenvalue weighted by Gasteiger charge is 2.40. The zero-order chi connectivity index (χ0) is 25.5. The Balaban J connectivity index is 1.29. The van der Waals surface area contributed by atoms with Gasteiger partial charge in [0.05, 0.1) is 28.1 Å². The number of aliphatic carboxylic acids is 1. The fourth-order valence-corrected chi connectivity index (χ4v) is 6.41. The fraction of sp³-hybridized carbons (Fsp3) is 0.429. The molecule has 2 heterocycles. The first-order chi connectivity index (χ1) is 17.4. The normalized spacial score (nSPS) is 15.8. The minimum absolute atomic E-state index is 0.615. The van der Waals surface area contributed by atoms with Crippen molar-refractivity contribution in [3.63, 3.8) is 0 Å². The Morgan fingerprint density at radius 3 is 2.64 bits per heavy atom. The van der Waals surface area contributed by atoms with Crippen LogP contribution < -0.4 is 4.74 Å². The van der Waals surface area contributed by atoms with E-state index in [0.29, 0.717) is 30.7 Å². The summed E-state index contributed by atoms with van der Waals surface area (Å²) in [4.78, 5) is 20.3. The van der Waals surface area contributed by atoms with Crippen LogP contribution in [0.15, 0.2) is 53.6 Å². The molecular formula is C28H32Cl2N2O3S. The number of carbonyl (C=O) groups is 1. The molecule has 0 spiro atoms. The quantitative estimate of drug-likeness (QED) is 0.202. The van der Waals surface area contributed by atoms with E-state index in [0.717, 1.165) is 70.4 Å². The van der Waals surface area contributed by atoms with Crippen molar-refractivity contribution < 1.29 is 14.6 Å². The van der Waals surface area contributed by atoms with Crippen molar-refractivity contribution in [2.45, 2.75) is 43.4 Å². The number of ether oxygens (including phenoxy) is 1. The number of hydrogen-bond acceptors (Lipinski definition) is 5. The van der Waals surface area contributed by atoms with E-state index in [1.807, 2.05) is 42.5 Å². The topological polar surface area (TPSA) is 62.7 Å². The van der Waals surface area contributed by atoms with Crippen LogP contribution in [0.3, 0.4) is 0 Å². The second kappa shape index (κ2) is 12.5. The van der Waals surface area contributed by atoms with Crippen LogP contribution >= 0.6 is 35.0 Å². The summed E-state index contributed by atoms with van der Waals surface area (Å²) in [5, 5.41) is 12.5. The van der Waals surface area contributed by atoms with Gasteiger partial charge in [-0.25, -0.2) is 0 Å². The van der Waals surface area contributed by atoms with Gasteiger partial charge in [0, 0.05) is 16.5 Å². The van der Waals surface area contributed by atoms with Crippen LogP contribution in [0.2, 0.25) is 10.0 Å². The van der Waals surface area contributed by atoms with E-state index in [1.54, 1.807) is 25.1 Å². The van der Waals surface area contributed by atoms with Crippen LogP contribution in [-0.2, 0) is 11.2 Å². The minimum Gasteiger partial charge on any atom is -0.497 e. The highest BCUT2D eigenvalue weighted by atomic mass is 35.5. The van der Waals surface area contributed by atoms with Gasteiger partial charge >= 0.3 is 5.97 Å². The maximum absolute atomic E-state index is 12.4. The maximum atomic E-state index is 12.4. The average molecular weight is 548 g/mol. The van der Waals surface area contributed by atoms with E-state index < -0.39 is 11.4 Å². The maximum Gasteiger partial charge on any atom is 0.309 e. The van der Waals surface area contributed by atoms with Crippen molar-refractivity contribution in [3.05, 3.63) is 64.3 Å². The van der Waals surface area contributed by atoms with Gasteiger partial charge < -0.3 is 14.7 Å². The third kappa shape index (κ3) is 6.46. The number of thioether (sulfide) groups is 1. The van der Waals surface area contributed by atoms with E-state index in [4.69, 9.17) is 27.9 Å². The lowest BCUT2D eigenvalue weighted by molar-refractivity contribution is -0.152. The molecular weight excluding hydrogens is 515 g/mol. The molecule has 0 radical (unpaired) electrons. The summed E-state index contributed by atoms with van der Waals surface area (Å²) in [5.74, 6) is 1.08. The van der Waals surface area contributed by atoms with Gasteiger partial charge in [-0.15, -0.1) is 11.8 Å². The van der Waals surface area contributed by atoms with Crippen LogP contribution in [0.1, 0.15) is 37.7 Å². The first kappa shape index (κ1) is 27.1. The predicted octanol–water partition coefficient (Wildman–Crippen LogP) is 7.22. The lowest BCUT2D eigenvalue weighted by Crippen LogP contribution is -2.44. The number of aromatic nitrogens is 1. The summed E-state index contributed by atoms with van der Waals surface area (Å²) >= 11 is 14.5. The molecule has 1 aliphatic rings. The predicted molar refractivity (Wildman–Crippen MR) is 149 cm³/mol. The monoisotopic (exact) mass is 546 g/mol. The van der Waals surface area contributed by atoms with Gasteiger partial charge in [0.1, 0.15) is 5.75 Å². The van der Waals surface area contributed by atoms with E-state index >= 15 is 0 Å². The Morgan fingerprint density at radius 1 is 1.14 bits per heavy atom. The molecule has 1 aliphatic heterocycles. The largest absolute Gasteiger partial charge is 0.497 e.